The summed E-state index contributed by atoms with van der Waals surface area (Å²) in [7, 11) is 0. The van der Waals surface area contributed by atoms with Crippen LogP contribution in [0, 0.1) is 0 Å². The number of benzene rings is 7. The van der Waals surface area contributed by atoms with Crippen LogP contribution in [-0.2, 0) is 5.41 Å². The van der Waals surface area contributed by atoms with Gasteiger partial charge in [0.1, 0.15) is 0 Å². The Morgan fingerprint density at radius 2 is 1.07 bits per heavy atom. The van der Waals surface area contributed by atoms with E-state index < -0.39 is 0 Å². The number of fused-ring (bicyclic) bond motifs is 6. The van der Waals surface area contributed by atoms with Crippen molar-refractivity contribution in [2.75, 3.05) is 0 Å². The number of pyridine rings is 1. The van der Waals surface area contributed by atoms with Crippen LogP contribution < -0.4 is 0 Å². The highest BCUT2D eigenvalue weighted by atomic mass is 14.6. The lowest BCUT2D eigenvalue weighted by molar-refractivity contribution is 0.660. The van der Waals surface area contributed by atoms with Crippen LogP contribution in [0.3, 0.4) is 0 Å². The first-order valence-corrected chi connectivity index (χ1v) is 15.7. The van der Waals surface area contributed by atoms with E-state index in [1.807, 2.05) is 18.5 Å². The maximum Gasteiger partial charge on any atom is 0.0346 e. The lowest BCUT2D eigenvalue weighted by Gasteiger charge is -2.22. The molecular weight excluding hydrogens is 542 g/mol. The van der Waals surface area contributed by atoms with Gasteiger partial charge in [0, 0.05) is 23.4 Å². The molecule has 0 saturated heterocycles. The third-order valence-electron chi connectivity index (χ3n) is 9.95. The third kappa shape index (κ3) is 3.84. The molecule has 0 amide bonds. The molecule has 45 heavy (non-hydrogen) atoms. The van der Waals surface area contributed by atoms with Crippen molar-refractivity contribution >= 4 is 32.3 Å². The maximum atomic E-state index is 4.53. The van der Waals surface area contributed by atoms with Crippen molar-refractivity contribution in [2.24, 2.45) is 0 Å². The summed E-state index contributed by atoms with van der Waals surface area (Å²) in [4.78, 5) is 4.53. The van der Waals surface area contributed by atoms with Crippen molar-refractivity contribution in [1.82, 2.24) is 4.98 Å². The molecule has 0 fully saturated rings. The van der Waals surface area contributed by atoms with Crippen LogP contribution in [0.4, 0.5) is 0 Å². The van der Waals surface area contributed by atoms with Crippen LogP contribution in [0.25, 0.3) is 76.8 Å². The van der Waals surface area contributed by atoms with Gasteiger partial charge in [0.15, 0.2) is 0 Å². The van der Waals surface area contributed by atoms with E-state index in [2.05, 4.69) is 152 Å². The Morgan fingerprint density at radius 1 is 0.422 bits per heavy atom. The van der Waals surface area contributed by atoms with Crippen LogP contribution in [0.5, 0.6) is 0 Å². The Kier molecular flexibility index (Phi) is 5.61. The van der Waals surface area contributed by atoms with Gasteiger partial charge < -0.3 is 0 Å². The molecule has 1 aliphatic carbocycles. The maximum absolute atomic E-state index is 4.53. The van der Waals surface area contributed by atoms with E-state index >= 15 is 0 Å². The molecule has 1 aromatic heterocycles. The summed E-state index contributed by atoms with van der Waals surface area (Å²) in [5.41, 5.74) is 12.8. The van der Waals surface area contributed by atoms with E-state index in [4.69, 9.17) is 0 Å². The first-order valence-electron chi connectivity index (χ1n) is 15.7. The van der Waals surface area contributed by atoms with Gasteiger partial charge in [-0.3, -0.25) is 4.98 Å². The smallest absolute Gasteiger partial charge is 0.0346 e. The average molecular weight is 574 g/mol. The van der Waals surface area contributed by atoms with Gasteiger partial charge in [-0.05, 0) is 101 Å². The first kappa shape index (κ1) is 25.9. The van der Waals surface area contributed by atoms with Crippen molar-refractivity contribution < 1.29 is 0 Å². The summed E-state index contributed by atoms with van der Waals surface area (Å²) < 4.78 is 0. The summed E-state index contributed by atoms with van der Waals surface area (Å²) >= 11 is 0. The van der Waals surface area contributed by atoms with Crippen LogP contribution in [0.1, 0.15) is 25.0 Å². The molecule has 0 atom stereocenters. The Bertz CT molecular complexity index is 2440. The van der Waals surface area contributed by atoms with Crippen molar-refractivity contribution in [3.63, 3.8) is 0 Å². The van der Waals surface area contributed by atoms with Crippen LogP contribution in [-0.4, -0.2) is 4.98 Å². The monoisotopic (exact) mass is 573 g/mol. The fourth-order valence-corrected chi connectivity index (χ4v) is 7.83. The number of hydrogen-bond acceptors (Lipinski definition) is 1. The van der Waals surface area contributed by atoms with Gasteiger partial charge in [-0.2, -0.15) is 0 Å². The lowest BCUT2D eigenvalue weighted by Crippen LogP contribution is -2.14. The van der Waals surface area contributed by atoms with Crippen molar-refractivity contribution in [3.05, 3.63) is 163 Å². The van der Waals surface area contributed by atoms with E-state index in [0.29, 0.717) is 0 Å². The molecule has 0 saturated carbocycles. The van der Waals surface area contributed by atoms with E-state index in [-0.39, 0.29) is 5.41 Å². The van der Waals surface area contributed by atoms with Gasteiger partial charge >= 0.3 is 0 Å². The Balaban J connectivity index is 1.40. The molecule has 0 spiro atoms. The number of rotatable bonds is 3. The second-order valence-electron chi connectivity index (χ2n) is 12.8. The molecule has 1 heterocycles. The highest BCUT2D eigenvalue weighted by Gasteiger charge is 2.35. The fraction of sp³-hybridized carbons (Fsp3) is 0.0682. The Hall–Kier alpha value is -5.53. The standard InChI is InChI=1S/C44H31N/c1-44(2)40-19-8-7-15-34(40)38-26-30(21-23-41(38)44)42-35-16-5-6-17-36(35)43(31-13-10-24-45-27-31)37-22-20-29(25-39(37)42)33-18-9-12-28-11-3-4-14-32(28)33/h3-27H,1-2H3. The number of nitrogens with zero attached hydrogens (tertiary/aromatic N) is 1. The fourth-order valence-electron chi connectivity index (χ4n) is 7.83. The quantitative estimate of drug-likeness (QED) is 0.192. The molecule has 0 N–H and O–H groups in total. The van der Waals surface area contributed by atoms with Gasteiger partial charge in [0.25, 0.3) is 0 Å². The third-order valence-corrected chi connectivity index (χ3v) is 9.95. The molecule has 1 heteroatoms. The highest BCUT2D eigenvalue weighted by molar-refractivity contribution is 6.22. The van der Waals surface area contributed by atoms with Crippen LogP contribution >= 0.6 is 0 Å². The van der Waals surface area contributed by atoms with Crippen molar-refractivity contribution in [3.8, 4) is 44.5 Å². The predicted molar refractivity (Wildman–Crippen MR) is 191 cm³/mol. The molecule has 0 aliphatic heterocycles. The molecule has 0 bridgehead atoms. The van der Waals surface area contributed by atoms with E-state index in [9.17, 15) is 0 Å². The molecule has 0 radical (unpaired) electrons. The zero-order valence-corrected chi connectivity index (χ0v) is 25.4. The van der Waals surface area contributed by atoms with Gasteiger partial charge in [-0.1, -0.05) is 135 Å². The molecule has 0 unspecified atom stereocenters. The minimum absolute atomic E-state index is 0.0275. The summed E-state index contributed by atoms with van der Waals surface area (Å²) in [6.45, 7) is 4.70. The minimum atomic E-state index is -0.0275. The molecule has 212 valence electrons. The largest absolute Gasteiger partial charge is 0.264 e. The summed E-state index contributed by atoms with van der Waals surface area (Å²) in [6, 6.07) is 51.5. The zero-order valence-electron chi connectivity index (χ0n) is 25.4. The molecule has 9 rings (SSSR count). The van der Waals surface area contributed by atoms with Gasteiger partial charge in [-0.15, -0.1) is 0 Å². The second-order valence-corrected chi connectivity index (χ2v) is 12.8. The van der Waals surface area contributed by atoms with E-state index in [1.165, 1.54) is 82.4 Å². The highest BCUT2D eigenvalue weighted by Crippen LogP contribution is 2.51. The zero-order chi connectivity index (χ0) is 30.1. The summed E-state index contributed by atoms with van der Waals surface area (Å²) in [5, 5.41) is 7.51. The summed E-state index contributed by atoms with van der Waals surface area (Å²) in [5.74, 6) is 0. The van der Waals surface area contributed by atoms with Gasteiger partial charge in [-0.25, -0.2) is 0 Å². The second kappa shape index (κ2) is 9.74. The Morgan fingerprint density at radius 3 is 1.89 bits per heavy atom. The normalized spacial score (nSPS) is 13.3. The number of aromatic nitrogens is 1. The van der Waals surface area contributed by atoms with E-state index in [0.717, 1.165) is 5.56 Å². The molecule has 7 aromatic carbocycles. The van der Waals surface area contributed by atoms with Crippen molar-refractivity contribution in [1.29, 1.82) is 0 Å². The molecular formula is C44H31N. The lowest BCUT2D eigenvalue weighted by atomic mass is 9.81. The number of hydrogen-bond donors (Lipinski definition) is 0. The first-order chi connectivity index (χ1) is 22.1. The topological polar surface area (TPSA) is 12.9 Å². The van der Waals surface area contributed by atoms with Crippen molar-refractivity contribution in [2.45, 2.75) is 19.3 Å². The van der Waals surface area contributed by atoms with Crippen LogP contribution in [0.15, 0.2) is 152 Å². The van der Waals surface area contributed by atoms with E-state index in [1.54, 1.807) is 0 Å². The van der Waals surface area contributed by atoms with Crippen LogP contribution in [0.2, 0.25) is 0 Å². The predicted octanol–water partition coefficient (Wildman–Crippen LogP) is 11.8. The van der Waals surface area contributed by atoms with Gasteiger partial charge in [0.2, 0.25) is 0 Å². The minimum Gasteiger partial charge on any atom is -0.264 e. The SMILES string of the molecule is CC1(C)c2ccccc2-c2cc(-c3c4ccccc4c(-c4cccnc4)c4ccc(-c5cccc6ccccc56)cc34)ccc21. The average Bonchev–Trinajstić information content (AvgIpc) is 3.32. The summed E-state index contributed by atoms with van der Waals surface area (Å²) in [6.07, 6.45) is 3.85. The molecule has 1 aliphatic rings. The van der Waals surface area contributed by atoms with Gasteiger partial charge in [0.05, 0.1) is 0 Å². The molecule has 8 aromatic rings. The molecule has 1 nitrogen and oxygen atoms in total. The Labute approximate surface area is 263 Å².